The largest absolute Gasteiger partial charge is 0.330 e. The molecule has 0 aliphatic heterocycles. The smallest absolute Gasteiger partial charge is 0.00670 e. The summed E-state index contributed by atoms with van der Waals surface area (Å²) in [5.74, 6) is 0. The van der Waals surface area contributed by atoms with E-state index in [9.17, 15) is 0 Å². The van der Waals surface area contributed by atoms with Crippen LogP contribution in [0.2, 0.25) is 0 Å². The Morgan fingerprint density at radius 2 is 1.69 bits per heavy atom. The molecule has 0 aromatic carbocycles. The van der Waals surface area contributed by atoms with Crippen LogP contribution in [0.3, 0.4) is 0 Å². The Labute approximate surface area is 82.3 Å². The fourth-order valence-electron chi connectivity index (χ4n) is 2.06. The lowest BCUT2D eigenvalue weighted by molar-refractivity contribution is 0.453. The van der Waals surface area contributed by atoms with Crippen molar-refractivity contribution in [2.45, 2.75) is 57.4 Å². The highest BCUT2D eigenvalue weighted by Crippen LogP contribution is 2.16. The van der Waals surface area contributed by atoms with Crippen molar-refractivity contribution in [3.63, 3.8) is 0 Å². The summed E-state index contributed by atoms with van der Waals surface area (Å²) in [5, 5.41) is 3.64. The van der Waals surface area contributed by atoms with Crippen molar-refractivity contribution in [3.05, 3.63) is 0 Å². The van der Waals surface area contributed by atoms with Gasteiger partial charge in [-0.3, -0.25) is 0 Å². The molecule has 1 aliphatic carbocycles. The summed E-state index contributed by atoms with van der Waals surface area (Å²) in [6.07, 6.45) is 10.9. The standard InChI is InChI=1S/C11H24N2/c12-9-5-6-10-13-11-7-3-1-2-4-8-11/h11,13H,1-10,12H2. The molecule has 2 nitrogen and oxygen atoms in total. The van der Waals surface area contributed by atoms with E-state index in [0.717, 1.165) is 12.6 Å². The van der Waals surface area contributed by atoms with Crippen LogP contribution in [0.15, 0.2) is 0 Å². The molecule has 0 bridgehead atoms. The molecule has 0 heterocycles. The molecule has 1 fully saturated rings. The molecule has 0 amide bonds. The normalized spacial score (nSPS) is 20.1. The van der Waals surface area contributed by atoms with Gasteiger partial charge in [0, 0.05) is 6.04 Å². The molecule has 13 heavy (non-hydrogen) atoms. The van der Waals surface area contributed by atoms with Gasteiger partial charge in [0.15, 0.2) is 0 Å². The molecule has 1 aliphatic rings. The summed E-state index contributed by atoms with van der Waals surface area (Å²) in [6, 6.07) is 0.806. The summed E-state index contributed by atoms with van der Waals surface area (Å²) < 4.78 is 0. The fourth-order valence-corrected chi connectivity index (χ4v) is 2.06. The first-order chi connectivity index (χ1) is 6.43. The van der Waals surface area contributed by atoms with Crippen LogP contribution in [0.25, 0.3) is 0 Å². The first kappa shape index (κ1) is 11.0. The highest BCUT2D eigenvalue weighted by Gasteiger charge is 2.10. The van der Waals surface area contributed by atoms with Crippen LogP contribution in [0.4, 0.5) is 0 Å². The Hall–Kier alpha value is -0.0800. The lowest BCUT2D eigenvalue weighted by atomic mass is 10.1. The first-order valence-electron chi connectivity index (χ1n) is 5.87. The molecule has 0 radical (unpaired) electrons. The van der Waals surface area contributed by atoms with E-state index >= 15 is 0 Å². The number of nitrogens with one attached hydrogen (secondary N) is 1. The maximum absolute atomic E-state index is 5.44. The number of nitrogens with two attached hydrogens (primary N) is 1. The van der Waals surface area contributed by atoms with Gasteiger partial charge in [-0.1, -0.05) is 25.7 Å². The molecule has 0 saturated heterocycles. The van der Waals surface area contributed by atoms with E-state index in [1.165, 1.54) is 57.9 Å². The number of hydrogen-bond donors (Lipinski definition) is 2. The molecule has 1 saturated carbocycles. The highest BCUT2D eigenvalue weighted by molar-refractivity contribution is 4.70. The van der Waals surface area contributed by atoms with E-state index in [2.05, 4.69) is 5.32 Å². The van der Waals surface area contributed by atoms with Crippen LogP contribution < -0.4 is 11.1 Å². The Morgan fingerprint density at radius 1 is 1.00 bits per heavy atom. The summed E-state index contributed by atoms with van der Waals surface area (Å²) in [5.41, 5.74) is 5.44. The molecule has 1 rings (SSSR count). The zero-order valence-corrected chi connectivity index (χ0v) is 8.73. The lowest BCUT2D eigenvalue weighted by Crippen LogP contribution is -2.29. The van der Waals surface area contributed by atoms with Crippen molar-refractivity contribution >= 4 is 0 Å². The minimum atomic E-state index is 0.806. The van der Waals surface area contributed by atoms with E-state index < -0.39 is 0 Å². The minimum absolute atomic E-state index is 0.806. The average molecular weight is 184 g/mol. The third-order valence-electron chi connectivity index (χ3n) is 2.92. The van der Waals surface area contributed by atoms with E-state index in [4.69, 9.17) is 5.73 Å². The van der Waals surface area contributed by atoms with E-state index in [1.807, 2.05) is 0 Å². The van der Waals surface area contributed by atoms with Crippen LogP contribution in [0.1, 0.15) is 51.4 Å². The molecular formula is C11H24N2. The second-order valence-corrected chi connectivity index (χ2v) is 4.14. The zero-order chi connectivity index (χ0) is 9.36. The Morgan fingerprint density at radius 3 is 2.31 bits per heavy atom. The first-order valence-corrected chi connectivity index (χ1v) is 5.87. The van der Waals surface area contributed by atoms with Gasteiger partial charge in [-0.05, 0) is 38.8 Å². The third kappa shape index (κ3) is 5.27. The number of rotatable bonds is 5. The highest BCUT2D eigenvalue weighted by atomic mass is 14.9. The average Bonchev–Trinajstić information content (AvgIpc) is 2.41. The summed E-state index contributed by atoms with van der Waals surface area (Å²) in [4.78, 5) is 0. The van der Waals surface area contributed by atoms with Gasteiger partial charge >= 0.3 is 0 Å². The lowest BCUT2D eigenvalue weighted by Gasteiger charge is -2.15. The molecular weight excluding hydrogens is 160 g/mol. The second-order valence-electron chi connectivity index (χ2n) is 4.14. The van der Waals surface area contributed by atoms with Crippen molar-refractivity contribution < 1.29 is 0 Å². The molecule has 0 aromatic rings. The minimum Gasteiger partial charge on any atom is -0.330 e. The monoisotopic (exact) mass is 184 g/mol. The summed E-state index contributed by atoms with van der Waals surface area (Å²) in [6.45, 7) is 2.01. The van der Waals surface area contributed by atoms with Crippen molar-refractivity contribution in [2.24, 2.45) is 5.73 Å². The summed E-state index contributed by atoms with van der Waals surface area (Å²) >= 11 is 0. The Bertz CT molecular complexity index is 107. The summed E-state index contributed by atoms with van der Waals surface area (Å²) in [7, 11) is 0. The molecule has 0 aromatic heterocycles. The van der Waals surface area contributed by atoms with Gasteiger partial charge in [-0.15, -0.1) is 0 Å². The van der Waals surface area contributed by atoms with Crippen LogP contribution in [-0.2, 0) is 0 Å². The van der Waals surface area contributed by atoms with Gasteiger partial charge in [0.05, 0.1) is 0 Å². The van der Waals surface area contributed by atoms with Crippen molar-refractivity contribution in [3.8, 4) is 0 Å². The van der Waals surface area contributed by atoms with Crippen LogP contribution >= 0.6 is 0 Å². The Balaban J connectivity index is 1.98. The Kier molecular flexibility index (Phi) is 6.21. The topological polar surface area (TPSA) is 38.0 Å². The van der Waals surface area contributed by atoms with E-state index in [-0.39, 0.29) is 0 Å². The molecule has 0 spiro atoms. The van der Waals surface area contributed by atoms with Gasteiger partial charge in [0.1, 0.15) is 0 Å². The fraction of sp³-hybridized carbons (Fsp3) is 1.00. The van der Waals surface area contributed by atoms with E-state index in [1.54, 1.807) is 0 Å². The maximum atomic E-state index is 5.44. The van der Waals surface area contributed by atoms with Crippen molar-refractivity contribution in [2.75, 3.05) is 13.1 Å². The van der Waals surface area contributed by atoms with Gasteiger partial charge < -0.3 is 11.1 Å². The van der Waals surface area contributed by atoms with Crippen LogP contribution in [0, 0.1) is 0 Å². The second kappa shape index (κ2) is 7.34. The van der Waals surface area contributed by atoms with E-state index in [0.29, 0.717) is 0 Å². The van der Waals surface area contributed by atoms with Gasteiger partial charge in [0.25, 0.3) is 0 Å². The van der Waals surface area contributed by atoms with Crippen LogP contribution in [-0.4, -0.2) is 19.1 Å². The predicted molar refractivity (Wildman–Crippen MR) is 57.8 cm³/mol. The number of unbranched alkanes of at least 4 members (excludes halogenated alkanes) is 1. The van der Waals surface area contributed by atoms with Crippen LogP contribution in [0.5, 0.6) is 0 Å². The predicted octanol–water partition coefficient (Wildman–Crippen LogP) is 2.04. The van der Waals surface area contributed by atoms with Gasteiger partial charge in [0.2, 0.25) is 0 Å². The van der Waals surface area contributed by atoms with Crippen molar-refractivity contribution in [1.82, 2.24) is 5.32 Å². The SMILES string of the molecule is NCCCCNC1CCCCCC1. The quantitative estimate of drug-likeness (QED) is 0.507. The molecule has 3 N–H and O–H groups in total. The molecule has 78 valence electrons. The molecule has 0 unspecified atom stereocenters. The zero-order valence-electron chi connectivity index (χ0n) is 8.73. The maximum Gasteiger partial charge on any atom is 0.00670 e. The molecule has 2 heteroatoms. The molecule has 0 atom stereocenters. The van der Waals surface area contributed by atoms with Gasteiger partial charge in [-0.25, -0.2) is 0 Å². The van der Waals surface area contributed by atoms with Crippen molar-refractivity contribution in [1.29, 1.82) is 0 Å². The third-order valence-corrected chi connectivity index (χ3v) is 2.92. The van der Waals surface area contributed by atoms with Gasteiger partial charge in [-0.2, -0.15) is 0 Å². The number of hydrogen-bond acceptors (Lipinski definition) is 2.